The van der Waals surface area contributed by atoms with Crippen molar-refractivity contribution in [3.63, 3.8) is 0 Å². The Hall–Kier alpha value is -1.87. The molecule has 100 valence electrons. The Morgan fingerprint density at radius 2 is 1.89 bits per heavy atom. The minimum Gasteiger partial charge on any atom is -0.462 e. The Labute approximate surface area is 118 Å². The summed E-state index contributed by atoms with van der Waals surface area (Å²) in [4.78, 5) is 11.9. The van der Waals surface area contributed by atoms with Crippen LogP contribution in [0, 0.1) is 5.41 Å². The number of carbonyl (C=O) groups excluding carboxylic acids is 1. The molecule has 0 spiro atoms. The van der Waals surface area contributed by atoms with Gasteiger partial charge in [0.05, 0.1) is 12.2 Å². The average molecular weight is 278 g/mol. The number of benzene rings is 2. The largest absolute Gasteiger partial charge is 0.462 e. The monoisotopic (exact) mass is 277 g/mol. The maximum Gasteiger partial charge on any atom is 0.338 e. The predicted molar refractivity (Wildman–Crippen MR) is 79.5 cm³/mol. The number of carbonyl (C=O) groups is 1. The second-order valence-corrected chi connectivity index (χ2v) is 4.01. The maximum atomic E-state index is 11.9. The van der Waals surface area contributed by atoms with Crippen LogP contribution in [0.15, 0.2) is 42.5 Å². The van der Waals surface area contributed by atoms with Crippen molar-refractivity contribution >= 4 is 35.4 Å². The number of unbranched alkanes of at least 4 members (excludes halogenated alkanes) is 1. The molecule has 0 unspecified atom stereocenters. The molecule has 0 saturated carbocycles. The zero-order valence-corrected chi connectivity index (χ0v) is 11.3. The highest BCUT2D eigenvalue weighted by Gasteiger charge is 2.10. The molecule has 0 aliphatic rings. The van der Waals surface area contributed by atoms with E-state index in [0.29, 0.717) is 25.0 Å². The Kier molecular flexibility index (Phi) is 6.03. The van der Waals surface area contributed by atoms with Gasteiger partial charge in [-0.25, -0.2) is 4.79 Å². The Morgan fingerprint density at radius 1 is 1.16 bits per heavy atom. The average Bonchev–Trinajstić information content (AvgIpc) is 2.43. The van der Waals surface area contributed by atoms with Crippen molar-refractivity contribution in [2.75, 3.05) is 6.61 Å². The van der Waals surface area contributed by atoms with E-state index < -0.39 is 0 Å². The zero-order valence-electron chi connectivity index (χ0n) is 10.5. The van der Waals surface area contributed by atoms with Gasteiger partial charge >= 0.3 is 5.97 Å². The van der Waals surface area contributed by atoms with E-state index in [1.54, 1.807) is 6.07 Å². The SMILES string of the molecule is Cl.N=CCCCOC(=O)c1cccc2ccccc12. The van der Waals surface area contributed by atoms with E-state index in [2.05, 4.69) is 0 Å². The van der Waals surface area contributed by atoms with Crippen molar-refractivity contribution < 1.29 is 9.53 Å². The first-order valence-electron chi connectivity index (χ1n) is 5.97. The first kappa shape index (κ1) is 15.2. The summed E-state index contributed by atoms with van der Waals surface area (Å²) in [6.45, 7) is 0.359. The number of ether oxygens (including phenoxy) is 1. The van der Waals surface area contributed by atoms with Crippen molar-refractivity contribution in [2.24, 2.45) is 0 Å². The molecule has 0 aromatic heterocycles. The van der Waals surface area contributed by atoms with Crippen LogP contribution >= 0.6 is 12.4 Å². The highest BCUT2D eigenvalue weighted by atomic mass is 35.5. The number of hydrogen-bond acceptors (Lipinski definition) is 3. The van der Waals surface area contributed by atoms with Crippen molar-refractivity contribution in [1.82, 2.24) is 0 Å². The molecule has 2 aromatic carbocycles. The molecule has 3 nitrogen and oxygen atoms in total. The summed E-state index contributed by atoms with van der Waals surface area (Å²) in [5.74, 6) is -0.295. The molecule has 0 fully saturated rings. The second kappa shape index (κ2) is 7.54. The van der Waals surface area contributed by atoms with Crippen LogP contribution in [0.3, 0.4) is 0 Å². The van der Waals surface area contributed by atoms with Crippen LogP contribution in [-0.2, 0) is 4.74 Å². The van der Waals surface area contributed by atoms with Crippen molar-refractivity contribution in [2.45, 2.75) is 12.8 Å². The van der Waals surface area contributed by atoms with Gasteiger partial charge in [0.2, 0.25) is 0 Å². The summed E-state index contributed by atoms with van der Waals surface area (Å²) in [6, 6.07) is 13.4. The molecule has 1 N–H and O–H groups in total. The van der Waals surface area contributed by atoms with E-state index >= 15 is 0 Å². The van der Waals surface area contributed by atoms with E-state index in [-0.39, 0.29) is 18.4 Å². The van der Waals surface area contributed by atoms with Gasteiger partial charge in [0.15, 0.2) is 0 Å². The van der Waals surface area contributed by atoms with Crippen LogP contribution in [0.4, 0.5) is 0 Å². The lowest BCUT2D eigenvalue weighted by molar-refractivity contribution is 0.0505. The lowest BCUT2D eigenvalue weighted by atomic mass is 10.1. The van der Waals surface area contributed by atoms with Gasteiger partial charge in [-0.3, -0.25) is 0 Å². The quantitative estimate of drug-likeness (QED) is 0.513. The highest BCUT2D eigenvalue weighted by Crippen LogP contribution is 2.19. The van der Waals surface area contributed by atoms with Gasteiger partial charge in [-0.05, 0) is 35.9 Å². The van der Waals surface area contributed by atoms with E-state index in [9.17, 15) is 4.79 Å². The number of nitrogens with one attached hydrogen (secondary N) is 1. The molecular weight excluding hydrogens is 262 g/mol. The van der Waals surface area contributed by atoms with Gasteiger partial charge in [0, 0.05) is 0 Å². The van der Waals surface area contributed by atoms with Crippen molar-refractivity contribution in [1.29, 1.82) is 5.41 Å². The first-order valence-corrected chi connectivity index (χ1v) is 5.97. The Morgan fingerprint density at radius 3 is 2.68 bits per heavy atom. The third kappa shape index (κ3) is 3.80. The zero-order chi connectivity index (χ0) is 12.8. The van der Waals surface area contributed by atoms with Gasteiger partial charge in [-0.15, -0.1) is 12.4 Å². The standard InChI is InChI=1S/C15H15NO2.ClH/c16-10-3-4-11-18-15(17)14-9-5-7-12-6-1-2-8-13(12)14;/h1-2,5-10,16H,3-4,11H2;1H. The number of fused-ring (bicyclic) bond motifs is 1. The van der Waals surface area contributed by atoms with Gasteiger partial charge in [-0.1, -0.05) is 36.4 Å². The Balaban J connectivity index is 0.00000180. The Bertz CT molecular complexity index is 564. The predicted octanol–water partition coefficient (Wildman–Crippen LogP) is 3.85. The fourth-order valence-corrected chi connectivity index (χ4v) is 1.83. The van der Waals surface area contributed by atoms with Crippen LogP contribution < -0.4 is 0 Å². The third-order valence-electron chi connectivity index (χ3n) is 2.74. The molecule has 2 aromatic rings. The van der Waals surface area contributed by atoms with Crippen LogP contribution in [0.5, 0.6) is 0 Å². The minimum atomic E-state index is -0.295. The lowest BCUT2D eigenvalue weighted by Crippen LogP contribution is -2.07. The molecule has 0 saturated heterocycles. The summed E-state index contributed by atoms with van der Waals surface area (Å²) in [5, 5.41) is 8.84. The molecule has 19 heavy (non-hydrogen) atoms. The summed E-state index contributed by atoms with van der Waals surface area (Å²) in [5.41, 5.74) is 0.600. The molecule has 4 heteroatoms. The van der Waals surface area contributed by atoms with Crippen LogP contribution in [-0.4, -0.2) is 18.8 Å². The molecule has 0 aliphatic heterocycles. The molecule has 0 aliphatic carbocycles. The molecule has 0 heterocycles. The van der Waals surface area contributed by atoms with Crippen LogP contribution in [0.2, 0.25) is 0 Å². The van der Waals surface area contributed by atoms with Crippen molar-refractivity contribution in [3.8, 4) is 0 Å². The minimum absolute atomic E-state index is 0. The normalized spacial score (nSPS) is 9.68. The molecule has 0 radical (unpaired) electrons. The van der Waals surface area contributed by atoms with Crippen molar-refractivity contribution in [3.05, 3.63) is 48.0 Å². The van der Waals surface area contributed by atoms with Gasteiger partial charge in [-0.2, -0.15) is 0 Å². The summed E-state index contributed by atoms with van der Waals surface area (Å²) in [6.07, 6.45) is 2.66. The fraction of sp³-hybridized carbons (Fsp3) is 0.200. The molecular formula is C15H16ClNO2. The topological polar surface area (TPSA) is 50.1 Å². The molecule has 0 amide bonds. The highest BCUT2D eigenvalue weighted by molar-refractivity contribution is 6.04. The van der Waals surface area contributed by atoms with Crippen LogP contribution in [0.25, 0.3) is 10.8 Å². The maximum absolute atomic E-state index is 11.9. The number of hydrogen-bond donors (Lipinski definition) is 1. The molecule has 0 atom stereocenters. The third-order valence-corrected chi connectivity index (χ3v) is 2.74. The van der Waals surface area contributed by atoms with E-state index in [1.165, 1.54) is 6.21 Å². The summed E-state index contributed by atoms with van der Waals surface area (Å²) in [7, 11) is 0. The van der Waals surface area contributed by atoms with Gasteiger partial charge in [0.1, 0.15) is 0 Å². The number of rotatable bonds is 5. The van der Waals surface area contributed by atoms with Gasteiger partial charge < -0.3 is 10.1 Å². The smallest absolute Gasteiger partial charge is 0.338 e. The second-order valence-electron chi connectivity index (χ2n) is 4.01. The summed E-state index contributed by atoms with van der Waals surface area (Å²) < 4.78 is 5.20. The number of halogens is 1. The molecule has 2 rings (SSSR count). The van der Waals surface area contributed by atoms with Gasteiger partial charge in [0.25, 0.3) is 0 Å². The fourth-order valence-electron chi connectivity index (χ4n) is 1.83. The lowest BCUT2D eigenvalue weighted by Gasteiger charge is -2.06. The molecule has 0 bridgehead atoms. The van der Waals surface area contributed by atoms with E-state index in [4.69, 9.17) is 10.1 Å². The first-order chi connectivity index (χ1) is 8.83. The number of esters is 1. The van der Waals surface area contributed by atoms with E-state index in [1.807, 2.05) is 36.4 Å². The summed E-state index contributed by atoms with van der Waals surface area (Å²) >= 11 is 0. The van der Waals surface area contributed by atoms with E-state index in [0.717, 1.165) is 10.8 Å². The van der Waals surface area contributed by atoms with Crippen LogP contribution in [0.1, 0.15) is 23.2 Å².